The number of aliphatic hydroxyl groups excluding tert-OH is 1. The minimum Gasteiger partial charge on any atom is -0.386 e. The fraction of sp³-hybridized carbons (Fsp3) is 0.833. The number of rotatable bonds is 6. The minimum atomic E-state index is -4.59. The molecule has 18 heavy (non-hydrogen) atoms. The molecule has 0 aliphatic carbocycles. The summed E-state index contributed by atoms with van der Waals surface area (Å²) in [6.45, 7) is 2.43. The lowest BCUT2D eigenvalue weighted by Crippen LogP contribution is -2.46. The van der Waals surface area contributed by atoms with Crippen molar-refractivity contribution in [3.8, 4) is 0 Å². The zero-order valence-electron chi connectivity index (χ0n) is 10.3. The molecule has 3 nitrogen and oxygen atoms in total. The molecule has 0 aromatic carbocycles. The van der Waals surface area contributed by atoms with Gasteiger partial charge in [-0.05, 0) is 12.5 Å². The second-order valence-electron chi connectivity index (χ2n) is 4.27. The van der Waals surface area contributed by atoms with Gasteiger partial charge in [-0.25, -0.2) is 0 Å². The Morgan fingerprint density at radius 1 is 1.22 bits per heavy atom. The summed E-state index contributed by atoms with van der Waals surface area (Å²) in [6, 6.07) is 0. The van der Waals surface area contributed by atoms with Gasteiger partial charge >= 0.3 is 6.18 Å². The lowest BCUT2D eigenvalue weighted by Gasteiger charge is -2.30. The molecular weight excluding hydrogens is 249 g/mol. The van der Waals surface area contributed by atoms with E-state index < -0.39 is 24.7 Å². The van der Waals surface area contributed by atoms with Crippen LogP contribution in [0.4, 0.5) is 13.2 Å². The summed E-state index contributed by atoms with van der Waals surface area (Å²) in [6.07, 6.45) is -3.16. The number of unbranched alkanes of at least 4 members (excludes halogenated alkanes) is 3. The van der Waals surface area contributed by atoms with Crippen molar-refractivity contribution in [2.75, 3.05) is 6.61 Å². The van der Waals surface area contributed by atoms with Gasteiger partial charge in [-0.15, -0.1) is 0 Å². The highest BCUT2D eigenvalue weighted by Gasteiger charge is 2.47. The van der Waals surface area contributed by atoms with Gasteiger partial charge in [0.05, 0.1) is 6.61 Å². The molecule has 0 radical (unpaired) electrons. The van der Waals surface area contributed by atoms with Crippen LogP contribution in [0.15, 0.2) is 12.2 Å². The second kappa shape index (κ2) is 7.11. The summed E-state index contributed by atoms with van der Waals surface area (Å²) in [7, 11) is 0. The molecule has 0 fully saturated rings. The SMILES string of the molecule is CCCCCCO[C@@H]1C=C[C@H](O)[C@@H](C(F)(F)F)O1. The molecule has 106 valence electrons. The van der Waals surface area contributed by atoms with Crippen molar-refractivity contribution in [3.63, 3.8) is 0 Å². The third-order valence-corrected chi connectivity index (χ3v) is 2.66. The first kappa shape index (κ1) is 15.5. The number of hydrogen-bond acceptors (Lipinski definition) is 3. The Kier molecular flexibility index (Phi) is 6.11. The van der Waals surface area contributed by atoms with E-state index in [0.717, 1.165) is 31.8 Å². The topological polar surface area (TPSA) is 38.7 Å². The van der Waals surface area contributed by atoms with Crippen LogP contribution in [-0.4, -0.2) is 36.4 Å². The molecule has 0 unspecified atom stereocenters. The molecule has 0 aromatic rings. The minimum absolute atomic E-state index is 0.357. The highest BCUT2D eigenvalue weighted by molar-refractivity contribution is 5.01. The molecule has 0 amide bonds. The van der Waals surface area contributed by atoms with Crippen LogP contribution in [0.5, 0.6) is 0 Å². The van der Waals surface area contributed by atoms with E-state index in [-0.39, 0.29) is 0 Å². The normalized spacial score (nSPS) is 28.6. The quantitative estimate of drug-likeness (QED) is 0.594. The van der Waals surface area contributed by atoms with Crippen LogP contribution in [0.2, 0.25) is 0 Å². The highest BCUT2D eigenvalue weighted by atomic mass is 19.4. The van der Waals surface area contributed by atoms with Crippen LogP contribution < -0.4 is 0 Å². The number of hydrogen-bond donors (Lipinski definition) is 1. The van der Waals surface area contributed by atoms with Crippen LogP contribution in [0.3, 0.4) is 0 Å². The largest absolute Gasteiger partial charge is 0.417 e. The predicted octanol–water partition coefficient (Wildman–Crippen LogP) is 2.79. The van der Waals surface area contributed by atoms with Crippen LogP contribution in [0.25, 0.3) is 0 Å². The first-order chi connectivity index (χ1) is 8.45. The maximum Gasteiger partial charge on any atom is 0.417 e. The Hall–Kier alpha value is -0.590. The Morgan fingerprint density at radius 3 is 2.56 bits per heavy atom. The molecule has 1 rings (SSSR count). The molecule has 6 heteroatoms. The average Bonchev–Trinajstić information content (AvgIpc) is 2.29. The zero-order valence-corrected chi connectivity index (χ0v) is 10.3. The van der Waals surface area contributed by atoms with Gasteiger partial charge in [0.15, 0.2) is 12.4 Å². The third-order valence-electron chi connectivity index (χ3n) is 2.66. The van der Waals surface area contributed by atoms with Crippen molar-refractivity contribution in [2.45, 2.75) is 57.3 Å². The molecule has 0 bridgehead atoms. The highest BCUT2D eigenvalue weighted by Crippen LogP contribution is 2.29. The van der Waals surface area contributed by atoms with Crippen molar-refractivity contribution in [1.82, 2.24) is 0 Å². The third kappa shape index (κ3) is 4.96. The Bertz CT molecular complexity index is 266. The molecule has 1 aliphatic heterocycles. The molecule has 0 saturated carbocycles. The summed E-state index contributed by atoms with van der Waals surface area (Å²) in [5.74, 6) is 0. The summed E-state index contributed by atoms with van der Waals surface area (Å²) in [4.78, 5) is 0. The lowest BCUT2D eigenvalue weighted by atomic mass is 10.1. The molecule has 3 atom stereocenters. The van der Waals surface area contributed by atoms with Gasteiger partial charge in [0.1, 0.15) is 6.10 Å². The molecular formula is C12H19F3O3. The summed E-state index contributed by atoms with van der Waals surface area (Å²) in [5.41, 5.74) is 0. The maximum atomic E-state index is 12.5. The first-order valence-electron chi connectivity index (χ1n) is 6.15. The standard InChI is InChI=1S/C12H19F3O3/c1-2-3-4-5-8-17-10-7-6-9(16)11(18-10)12(13,14)15/h6-7,9-11,16H,2-5,8H2,1H3/t9-,10-,11-/m0/s1. The van der Waals surface area contributed by atoms with Crippen molar-refractivity contribution < 1.29 is 27.8 Å². The fourth-order valence-electron chi connectivity index (χ4n) is 1.67. The van der Waals surface area contributed by atoms with E-state index >= 15 is 0 Å². The average molecular weight is 268 g/mol. The maximum absolute atomic E-state index is 12.5. The van der Waals surface area contributed by atoms with Gasteiger partial charge in [0, 0.05) is 0 Å². The van der Waals surface area contributed by atoms with E-state index in [0.29, 0.717) is 6.61 Å². The van der Waals surface area contributed by atoms with Gasteiger partial charge in [0.25, 0.3) is 0 Å². The van der Waals surface area contributed by atoms with Crippen molar-refractivity contribution in [2.24, 2.45) is 0 Å². The van der Waals surface area contributed by atoms with Crippen LogP contribution in [0.1, 0.15) is 32.6 Å². The van der Waals surface area contributed by atoms with Crippen LogP contribution in [-0.2, 0) is 9.47 Å². The zero-order chi connectivity index (χ0) is 13.6. The van der Waals surface area contributed by atoms with Crippen LogP contribution in [0, 0.1) is 0 Å². The van der Waals surface area contributed by atoms with Gasteiger partial charge < -0.3 is 14.6 Å². The van der Waals surface area contributed by atoms with Crippen molar-refractivity contribution in [3.05, 3.63) is 12.2 Å². The Balaban J connectivity index is 2.33. The molecule has 0 spiro atoms. The monoisotopic (exact) mass is 268 g/mol. The van der Waals surface area contributed by atoms with E-state index in [1.54, 1.807) is 0 Å². The van der Waals surface area contributed by atoms with E-state index in [1.165, 1.54) is 6.08 Å². The van der Waals surface area contributed by atoms with E-state index in [4.69, 9.17) is 4.74 Å². The Morgan fingerprint density at radius 2 is 1.94 bits per heavy atom. The van der Waals surface area contributed by atoms with Crippen LogP contribution >= 0.6 is 0 Å². The smallest absolute Gasteiger partial charge is 0.386 e. The van der Waals surface area contributed by atoms with E-state index in [9.17, 15) is 18.3 Å². The van der Waals surface area contributed by atoms with Crippen molar-refractivity contribution >= 4 is 0 Å². The Labute approximate surface area is 105 Å². The van der Waals surface area contributed by atoms with E-state index in [2.05, 4.69) is 11.7 Å². The molecule has 1 aliphatic rings. The molecule has 0 saturated heterocycles. The first-order valence-corrected chi connectivity index (χ1v) is 6.15. The predicted molar refractivity (Wildman–Crippen MR) is 60.0 cm³/mol. The van der Waals surface area contributed by atoms with E-state index in [1.807, 2.05) is 0 Å². The van der Waals surface area contributed by atoms with Gasteiger partial charge in [-0.3, -0.25) is 0 Å². The lowest BCUT2D eigenvalue weighted by molar-refractivity contribution is -0.283. The van der Waals surface area contributed by atoms with Gasteiger partial charge in [-0.1, -0.05) is 32.3 Å². The number of ether oxygens (including phenoxy) is 2. The number of halogens is 3. The second-order valence-corrected chi connectivity index (χ2v) is 4.27. The molecule has 0 aromatic heterocycles. The fourth-order valence-corrected chi connectivity index (χ4v) is 1.67. The van der Waals surface area contributed by atoms with Gasteiger partial charge in [-0.2, -0.15) is 13.2 Å². The summed E-state index contributed by atoms with van der Waals surface area (Å²) in [5, 5.41) is 9.18. The number of aliphatic hydroxyl groups is 1. The molecule has 1 heterocycles. The summed E-state index contributed by atoms with van der Waals surface area (Å²) < 4.78 is 47.3. The molecule has 1 N–H and O–H groups in total. The number of alkyl halides is 3. The summed E-state index contributed by atoms with van der Waals surface area (Å²) >= 11 is 0. The van der Waals surface area contributed by atoms with Gasteiger partial charge in [0.2, 0.25) is 0 Å². The van der Waals surface area contributed by atoms with Crippen molar-refractivity contribution in [1.29, 1.82) is 0 Å².